The van der Waals surface area contributed by atoms with Crippen LogP contribution in [0.15, 0.2) is 30.5 Å². The van der Waals surface area contributed by atoms with E-state index in [1.54, 1.807) is 19.2 Å². The number of H-pyrrole nitrogens is 1. The fraction of sp³-hybridized carbons (Fsp3) is 0.0909. The Morgan fingerprint density at radius 2 is 2.17 bits per heavy atom. The molecule has 1 amide bonds. The highest BCUT2D eigenvalue weighted by Crippen LogP contribution is 2.20. The summed E-state index contributed by atoms with van der Waals surface area (Å²) in [5.74, 6) is -0.285. The van der Waals surface area contributed by atoms with Crippen molar-refractivity contribution in [1.82, 2.24) is 15.4 Å². The van der Waals surface area contributed by atoms with Crippen molar-refractivity contribution < 1.29 is 4.79 Å². The molecule has 0 bridgehead atoms. The molecule has 0 aliphatic rings. The van der Waals surface area contributed by atoms with Crippen LogP contribution < -0.4 is 10.6 Å². The molecule has 0 radical (unpaired) electrons. The Morgan fingerprint density at radius 3 is 2.78 bits per heavy atom. The van der Waals surface area contributed by atoms with E-state index in [-0.39, 0.29) is 16.6 Å². The van der Waals surface area contributed by atoms with Crippen molar-refractivity contribution in [3.63, 3.8) is 0 Å². The van der Waals surface area contributed by atoms with E-state index < -0.39 is 0 Å². The fourth-order valence-electron chi connectivity index (χ4n) is 1.56. The summed E-state index contributed by atoms with van der Waals surface area (Å²) >= 11 is 4.96. The lowest BCUT2D eigenvalue weighted by atomic mass is 10.1. The molecule has 1 aromatic heterocycles. The van der Waals surface area contributed by atoms with E-state index in [9.17, 15) is 4.79 Å². The summed E-state index contributed by atoms with van der Waals surface area (Å²) in [6.45, 7) is 0. The number of anilines is 1. The first-order valence-electron chi connectivity index (χ1n) is 5.14. The third-order valence-corrected chi connectivity index (χ3v) is 2.69. The lowest BCUT2D eigenvalue weighted by molar-refractivity contribution is 0.0988. The van der Waals surface area contributed by atoms with Gasteiger partial charge < -0.3 is 10.6 Å². The van der Waals surface area contributed by atoms with Gasteiger partial charge in [-0.3, -0.25) is 4.79 Å². The van der Waals surface area contributed by atoms with E-state index in [1.165, 1.54) is 11.1 Å². The number of amides is 1. The van der Waals surface area contributed by atoms with Gasteiger partial charge >= 0.3 is 0 Å². The molecule has 0 saturated heterocycles. The molecule has 2 aromatic rings. The van der Waals surface area contributed by atoms with Crippen molar-refractivity contribution in [2.45, 2.75) is 0 Å². The van der Waals surface area contributed by atoms with Crippen LogP contribution in [0.1, 0.15) is 16.1 Å². The van der Waals surface area contributed by atoms with Crippen LogP contribution in [0.2, 0.25) is 0 Å². The Morgan fingerprint density at radius 1 is 1.44 bits per heavy atom. The van der Waals surface area contributed by atoms with Gasteiger partial charge in [-0.15, -0.1) is 0 Å². The zero-order valence-corrected chi connectivity index (χ0v) is 10.4. The Bertz CT molecular complexity index is 581. The molecule has 92 valence electrons. The van der Waals surface area contributed by atoms with Crippen LogP contribution in [0.3, 0.4) is 0 Å². The van der Waals surface area contributed by atoms with Gasteiger partial charge in [-0.25, -0.2) is 0 Å². The molecule has 18 heavy (non-hydrogen) atoms. The zero-order valence-electron chi connectivity index (χ0n) is 9.62. The van der Waals surface area contributed by atoms with Crippen molar-refractivity contribution in [3.8, 4) is 0 Å². The molecule has 0 saturated carbocycles. The number of carbonyl (C=O) groups excluding carboxylic acids is 1. The molecule has 0 fully saturated rings. The van der Waals surface area contributed by atoms with Crippen molar-refractivity contribution in [1.29, 1.82) is 0 Å². The van der Waals surface area contributed by atoms with Crippen LogP contribution in [0.25, 0.3) is 0 Å². The van der Waals surface area contributed by atoms with Gasteiger partial charge in [0.2, 0.25) is 0 Å². The maximum Gasteiger partial charge on any atom is 0.280 e. The standard InChI is InChI=1S/C11H11N5OS/c1-16(11(17)8-6-13-15-14-8)9-5-3-2-4-7(9)10(12)18/h2-6H,1H3,(H2,12,18)(H,13,14,15). The number of nitrogens with one attached hydrogen (secondary N) is 1. The first kappa shape index (κ1) is 12.2. The quantitative estimate of drug-likeness (QED) is 0.795. The second kappa shape index (κ2) is 4.92. The minimum Gasteiger partial charge on any atom is -0.389 e. The summed E-state index contributed by atoms with van der Waals surface area (Å²) in [7, 11) is 1.63. The highest BCUT2D eigenvalue weighted by atomic mass is 32.1. The zero-order chi connectivity index (χ0) is 13.1. The van der Waals surface area contributed by atoms with Crippen LogP contribution in [-0.4, -0.2) is 33.4 Å². The minimum absolute atomic E-state index is 0.232. The van der Waals surface area contributed by atoms with Gasteiger partial charge in [0.25, 0.3) is 5.91 Å². The van der Waals surface area contributed by atoms with E-state index in [2.05, 4.69) is 15.4 Å². The number of thiocarbonyl (C=S) groups is 1. The number of nitrogens with two attached hydrogens (primary N) is 1. The van der Waals surface area contributed by atoms with Crippen LogP contribution >= 0.6 is 12.2 Å². The van der Waals surface area contributed by atoms with E-state index >= 15 is 0 Å². The maximum atomic E-state index is 12.1. The number of benzene rings is 1. The van der Waals surface area contributed by atoms with Crippen molar-refractivity contribution in [2.75, 3.05) is 11.9 Å². The predicted molar refractivity (Wildman–Crippen MR) is 71.4 cm³/mol. The first-order chi connectivity index (χ1) is 8.61. The average Bonchev–Trinajstić information content (AvgIpc) is 2.90. The second-order valence-electron chi connectivity index (χ2n) is 3.60. The molecule has 1 heterocycles. The number of rotatable bonds is 3. The number of carbonyl (C=O) groups is 1. The molecule has 0 aliphatic carbocycles. The molecule has 0 unspecified atom stereocenters. The number of aromatic amines is 1. The second-order valence-corrected chi connectivity index (χ2v) is 4.04. The van der Waals surface area contributed by atoms with Crippen molar-refractivity contribution >= 4 is 28.8 Å². The van der Waals surface area contributed by atoms with Crippen LogP contribution in [0.5, 0.6) is 0 Å². The first-order valence-corrected chi connectivity index (χ1v) is 5.54. The Kier molecular flexibility index (Phi) is 3.33. The van der Waals surface area contributed by atoms with Crippen molar-refractivity contribution in [3.05, 3.63) is 41.7 Å². The van der Waals surface area contributed by atoms with Crippen LogP contribution in [0, 0.1) is 0 Å². The van der Waals surface area contributed by atoms with E-state index in [1.807, 2.05) is 12.1 Å². The average molecular weight is 261 g/mol. The molecule has 0 aliphatic heterocycles. The molecular formula is C11H11N5OS. The van der Waals surface area contributed by atoms with Gasteiger partial charge in [-0.2, -0.15) is 15.4 Å². The van der Waals surface area contributed by atoms with E-state index in [0.717, 1.165) is 0 Å². The smallest absolute Gasteiger partial charge is 0.280 e. The molecule has 7 heteroatoms. The van der Waals surface area contributed by atoms with Crippen LogP contribution in [0.4, 0.5) is 5.69 Å². The van der Waals surface area contributed by atoms with E-state index in [0.29, 0.717) is 11.3 Å². The summed E-state index contributed by atoms with van der Waals surface area (Å²) in [4.78, 5) is 13.8. The topological polar surface area (TPSA) is 87.9 Å². The summed E-state index contributed by atoms with van der Waals surface area (Å²) in [5, 5.41) is 9.74. The van der Waals surface area contributed by atoms with Crippen molar-refractivity contribution in [2.24, 2.45) is 5.73 Å². The summed E-state index contributed by atoms with van der Waals surface area (Å²) in [6, 6.07) is 7.16. The highest BCUT2D eigenvalue weighted by Gasteiger charge is 2.18. The number of hydrogen-bond acceptors (Lipinski definition) is 4. The van der Waals surface area contributed by atoms with Gasteiger partial charge in [0.1, 0.15) is 4.99 Å². The summed E-state index contributed by atoms with van der Waals surface area (Å²) in [6.07, 6.45) is 1.36. The van der Waals surface area contributed by atoms with Gasteiger partial charge in [0, 0.05) is 12.6 Å². The monoisotopic (exact) mass is 261 g/mol. The Hall–Kier alpha value is -2.28. The normalized spacial score (nSPS) is 10.1. The third kappa shape index (κ3) is 2.21. The fourth-order valence-corrected chi connectivity index (χ4v) is 1.73. The SMILES string of the molecule is CN(C(=O)c1cn[nH]n1)c1ccccc1C(N)=S. The van der Waals surface area contributed by atoms with Crippen LogP contribution in [-0.2, 0) is 0 Å². The van der Waals surface area contributed by atoms with Gasteiger partial charge in [0.15, 0.2) is 5.69 Å². The molecule has 6 nitrogen and oxygen atoms in total. The summed E-state index contributed by atoms with van der Waals surface area (Å²) in [5.41, 5.74) is 7.14. The Balaban J connectivity index is 2.37. The molecule has 2 rings (SSSR count). The summed E-state index contributed by atoms with van der Waals surface area (Å²) < 4.78 is 0. The number of para-hydroxylation sites is 1. The van der Waals surface area contributed by atoms with Gasteiger partial charge in [0.05, 0.1) is 11.9 Å². The lowest BCUT2D eigenvalue weighted by Gasteiger charge is -2.18. The largest absolute Gasteiger partial charge is 0.389 e. The number of aromatic nitrogens is 3. The number of nitrogens with zero attached hydrogens (tertiary/aromatic N) is 3. The number of hydrogen-bond donors (Lipinski definition) is 2. The Labute approximate surface area is 109 Å². The third-order valence-electron chi connectivity index (χ3n) is 2.47. The minimum atomic E-state index is -0.285. The van der Waals surface area contributed by atoms with E-state index in [4.69, 9.17) is 18.0 Å². The molecule has 0 atom stereocenters. The van der Waals surface area contributed by atoms with Gasteiger partial charge in [-0.1, -0.05) is 24.4 Å². The highest BCUT2D eigenvalue weighted by molar-refractivity contribution is 7.80. The maximum absolute atomic E-state index is 12.1. The molecule has 1 aromatic carbocycles. The van der Waals surface area contributed by atoms with Gasteiger partial charge in [-0.05, 0) is 12.1 Å². The predicted octanol–water partition coefficient (Wildman–Crippen LogP) is 0.716. The molecular weight excluding hydrogens is 250 g/mol. The lowest BCUT2D eigenvalue weighted by Crippen LogP contribution is -2.29. The molecule has 0 spiro atoms. The molecule has 3 N–H and O–H groups in total.